The number of alkyl halides is 3. The van der Waals surface area contributed by atoms with Crippen molar-refractivity contribution in [3.63, 3.8) is 0 Å². The lowest BCUT2D eigenvalue weighted by Gasteiger charge is -2.21. The van der Waals surface area contributed by atoms with E-state index in [1.54, 1.807) is 4.68 Å². The topological polar surface area (TPSA) is 29.9 Å². The number of rotatable bonds is 6. The summed E-state index contributed by atoms with van der Waals surface area (Å²) in [5.74, 6) is 0. The highest BCUT2D eigenvalue weighted by Crippen LogP contribution is 2.32. The Morgan fingerprint density at radius 3 is 2.61 bits per heavy atom. The van der Waals surface area contributed by atoms with E-state index >= 15 is 0 Å². The van der Waals surface area contributed by atoms with Gasteiger partial charge in [-0.05, 0) is 35.8 Å². The average Bonchev–Trinajstić information content (AvgIpc) is 2.64. The van der Waals surface area contributed by atoms with E-state index in [4.69, 9.17) is 0 Å². The fourth-order valence-electron chi connectivity index (χ4n) is 1.79. The van der Waals surface area contributed by atoms with Crippen LogP contribution in [0.1, 0.15) is 38.4 Å². The van der Waals surface area contributed by atoms with Crippen LogP contribution in [0.25, 0.3) is 0 Å². The van der Waals surface area contributed by atoms with Crippen molar-refractivity contribution >= 4 is 15.9 Å². The molecule has 1 rings (SSSR count). The Bertz CT molecular complexity index is 376. The molecule has 0 aliphatic carbocycles. The van der Waals surface area contributed by atoms with Gasteiger partial charge in [-0.3, -0.25) is 4.68 Å². The molecule has 18 heavy (non-hydrogen) atoms. The van der Waals surface area contributed by atoms with Gasteiger partial charge in [-0.15, -0.1) is 0 Å². The monoisotopic (exact) mass is 327 g/mol. The molecule has 1 aromatic heterocycles. The van der Waals surface area contributed by atoms with Crippen molar-refractivity contribution in [2.45, 2.75) is 45.5 Å². The van der Waals surface area contributed by atoms with Crippen LogP contribution in [0.5, 0.6) is 0 Å². The Morgan fingerprint density at radius 1 is 1.44 bits per heavy atom. The lowest BCUT2D eigenvalue weighted by Crippen LogP contribution is -2.29. The summed E-state index contributed by atoms with van der Waals surface area (Å²) in [6.45, 7) is 4.86. The van der Waals surface area contributed by atoms with Crippen molar-refractivity contribution in [1.82, 2.24) is 15.1 Å². The molecule has 0 amide bonds. The Hall–Kier alpha value is -0.560. The first kappa shape index (κ1) is 15.5. The normalized spacial score (nSPS) is 13.9. The Morgan fingerprint density at radius 2 is 2.11 bits per heavy atom. The molecule has 0 saturated carbocycles. The smallest absolute Gasteiger partial charge is 0.308 e. The number of halogens is 4. The standard InChI is InChI=1S/C11H17BrF3N3/c1-3-5-16-9(6-11(13,14)15)10-8(12)7-17-18(10)4-2/h7,9,16H,3-6H2,1-2H3. The van der Waals surface area contributed by atoms with Gasteiger partial charge in [0.05, 0.1) is 28.8 Å². The second-order valence-corrected chi connectivity index (χ2v) is 4.87. The Labute approximate surface area is 113 Å². The fourth-order valence-corrected chi connectivity index (χ4v) is 2.36. The zero-order valence-corrected chi connectivity index (χ0v) is 12.0. The van der Waals surface area contributed by atoms with Gasteiger partial charge in [0.2, 0.25) is 0 Å². The molecule has 0 spiro atoms. The van der Waals surface area contributed by atoms with E-state index < -0.39 is 18.6 Å². The van der Waals surface area contributed by atoms with Crippen molar-refractivity contribution in [3.8, 4) is 0 Å². The summed E-state index contributed by atoms with van der Waals surface area (Å²) in [6.07, 6.45) is -2.77. The van der Waals surface area contributed by atoms with Gasteiger partial charge in [-0.25, -0.2) is 0 Å². The van der Waals surface area contributed by atoms with Gasteiger partial charge in [0, 0.05) is 6.54 Å². The first-order valence-corrected chi connectivity index (χ1v) is 6.69. The zero-order chi connectivity index (χ0) is 13.8. The molecule has 1 aromatic rings. The quantitative estimate of drug-likeness (QED) is 0.864. The van der Waals surface area contributed by atoms with Crippen LogP contribution >= 0.6 is 15.9 Å². The van der Waals surface area contributed by atoms with Crippen molar-refractivity contribution in [1.29, 1.82) is 0 Å². The van der Waals surface area contributed by atoms with E-state index in [1.807, 2.05) is 13.8 Å². The SMILES string of the molecule is CCCNC(CC(F)(F)F)c1c(Br)cnn1CC. The van der Waals surface area contributed by atoms with Gasteiger partial charge in [-0.2, -0.15) is 18.3 Å². The number of hydrogen-bond acceptors (Lipinski definition) is 2. The van der Waals surface area contributed by atoms with E-state index in [0.29, 0.717) is 23.3 Å². The van der Waals surface area contributed by atoms with Gasteiger partial charge in [0.1, 0.15) is 0 Å². The van der Waals surface area contributed by atoms with Crippen LogP contribution in [-0.2, 0) is 6.54 Å². The number of aromatic nitrogens is 2. The minimum Gasteiger partial charge on any atom is -0.308 e. The second-order valence-electron chi connectivity index (χ2n) is 4.02. The molecule has 0 aliphatic heterocycles. The largest absolute Gasteiger partial charge is 0.390 e. The first-order valence-electron chi connectivity index (χ1n) is 5.90. The van der Waals surface area contributed by atoms with Crippen LogP contribution in [0.3, 0.4) is 0 Å². The summed E-state index contributed by atoms with van der Waals surface area (Å²) in [6, 6.07) is -0.762. The molecule has 7 heteroatoms. The van der Waals surface area contributed by atoms with E-state index in [1.165, 1.54) is 6.20 Å². The molecule has 0 saturated heterocycles. The summed E-state index contributed by atoms with van der Waals surface area (Å²) in [7, 11) is 0. The van der Waals surface area contributed by atoms with Crippen LogP contribution < -0.4 is 5.32 Å². The summed E-state index contributed by atoms with van der Waals surface area (Å²) >= 11 is 3.27. The molecule has 0 bridgehead atoms. The highest BCUT2D eigenvalue weighted by atomic mass is 79.9. The number of nitrogens with one attached hydrogen (secondary N) is 1. The molecular formula is C11H17BrF3N3. The van der Waals surface area contributed by atoms with Crippen molar-refractivity contribution in [3.05, 3.63) is 16.4 Å². The molecule has 1 unspecified atom stereocenters. The molecule has 0 radical (unpaired) electrons. The molecule has 104 valence electrons. The van der Waals surface area contributed by atoms with E-state index in [2.05, 4.69) is 26.3 Å². The number of aryl methyl sites for hydroxylation is 1. The molecule has 3 nitrogen and oxygen atoms in total. The van der Waals surface area contributed by atoms with Crippen LogP contribution in [0.15, 0.2) is 10.7 Å². The maximum absolute atomic E-state index is 12.6. The van der Waals surface area contributed by atoms with Gasteiger partial charge in [0.15, 0.2) is 0 Å². The third kappa shape index (κ3) is 4.28. The average molecular weight is 328 g/mol. The van der Waals surface area contributed by atoms with Gasteiger partial charge in [0.25, 0.3) is 0 Å². The Balaban J connectivity index is 2.96. The predicted molar refractivity (Wildman–Crippen MR) is 67.3 cm³/mol. The van der Waals surface area contributed by atoms with Crippen LogP contribution in [0, 0.1) is 0 Å². The molecule has 1 heterocycles. The number of hydrogen-bond donors (Lipinski definition) is 1. The van der Waals surface area contributed by atoms with Gasteiger partial charge < -0.3 is 5.32 Å². The number of nitrogens with zero attached hydrogens (tertiary/aromatic N) is 2. The zero-order valence-electron chi connectivity index (χ0n) is 10.4. The van der Waals surface area contributed by atoms with Crippen molar-refractivity contribution in [2.75, 3.05) is 6.54 Å². The van der Waals surface area contributed by atoms with Gasteiger partial charge in [-0.1, -0.05) is 6.92 Å². The minimum absolute atomic E-state index is 0.544. The highest BCUT2D eigenvalue weighted by Gasteiger charge is 2.34. The van der Waals surface area contributed by atoms with Gasteiger partial charge >= 0.3 is 6.18 Å². The molecule has 0 fully saturated rings. The molecule has 0 aromatic carbocycles. The lowest BCUT2D eigenvalue weighted by atomic mass is 10.1. The summed E-state index contributed by atoms with van der Waals surface area (Å²) in [4.78, 5) is 0. The van der Waals surface area contributed by atoms with E-state index in [-0.39, 0.29) is 0 Å². The highest BCUT2D eigenvalue weighted by molar-refractivity contribution is 9.10. The van der Waals surface area contributed by atoms with Crippen LogP contribution in [0.2, 0.25) is 0 Å². The third-order valence-corrected chi connectivity index (χ3v) is 3.15. The minimum atomic E-state index is -4.20. The van der Waals surface area contributed by atoms with Crippen molar-refractivity contribution in [2.24, 2.45) is 0 Å². The summed E-state index contributed by atoms with van der Waals surface area (Å²) in [5, 5.41) is 6.99. The van der Waals surface area contributed by atoms with Crippen LogP contribution in [-0.4, -0.2) is 22.5 Å². The van der Waals surface area contributed by atoms with Crippen LogP contribution in [0.4, 0.5) is 13.2 Å². The third-order valence-electron chi connectivity index (χ3n) is 2.54. The van der Waals surface area contributed by atoms with E-state index in [0.717, 1.165) is 6.42 Å². The fraction of sp³-hybridized carbons (Fsp3) is 0.727. The maximum atomic E-state index is 12.6. The maximum Gasteiger partial charge on any atom is 0.390 e. The lowest BCUT2D eigenvalue weighted by molar-refractivity contribution is -0.140. The molecule has 0 aliphatic rings. The van der Waals surface area contributed by atoms with E-state index in [9.17, 15) is 13.2 Å². The summed E-state index contributed by atoms with van der Waals surface area (Å²) < 4.78 is 40.0. The second kappa shape index (κ2) is 6.56. The predicted octanol–water partition coefficient (Wildman–Crippen LogP) is 3.66. The molecular weight excluding hydrogens is 311 g/mol. The first-order chi connectivity index (χ1) is 8.39. The summed E-state index contributed by atoms with van der Waals surface area (Å²) in [5.41, 5.74) is 0.559. The van der Waals surface area contributed by atoms with Crippen molar-refractivity contribution < 1.29 is 13.2 Å². The molecule has 1 N–H and O–H groups in total. The molecule has 1 atom stereocenters. The Kier molecular flexibility index (Phi) is 5.65.